The smallest absolute Gasteiger partial charge is 0.176 e. The number of fused-ring (bicyclic) bond motifs is 1. The average molecular weight is 389 g/mol. The molecular formula is C21H19N5OS. The highest BCUT2D eigenvalue weighted by molar-refractivity contribution is 7.18. The Hall–Kier alpha value is -3.45. The van der Waals surface area contributed by atoms with E-state index in [9.17, 15) is 0 Å². The minimum absolute atomic E-state index is 0.446. The van der Waals surface area contributed by atoms with E-state index >= 15 is 0 Å². The van der Waals surface area contributed by atoms with Crippen LogP contribution in [0.3, 0.4) is 0 Å². The van der Waals surface area contributed by atoms with Crippen molar-refractivity contribution in [3.8, 4) is 21.1 Å². The van der Waals surface area contributed by atoms with Gasteiger partial charge in [0, 0.05) is 30.4 Å². The average Bonchev–Trinajstić information content (AvgIpc) is 3.37. The number of aliphatic imine (C=N–C) groups is 2. The Morgan fingerprint density at radius 3 is 2.71 bits per heavy atom. The van der Waals surface area contributed by atoms with E-state index in [2.05, 4.69) is 39.8 Å². The maximum absolute atomic E-state index is 5.58. The summed E-state index contributed by atoms with van der Waals surface area (Å²) in [5, 5.41) is 1.85. The molecule has 0 fully saturated rings. The molecule has 4 aromatic rings. The summed E-state index contributed by atoms with van der Waals surface area (Å²) in [6, 6.07) is 7.79. The van der Waals surface area contributed by atoms with E-state index < -0.39 is 0 Å². The molecule has 7 heteroatoms. The second-order valence-electron chi connectivity index (χ2n) is 5.58. The third-order valence-electron chi connectivity index (χ3n) is 3.95. The van der Waals surface area contributed by atoms with Crippen LogP contribution < -0.4 is 0 Å². The minimum atomic E-state index is 0.446. The number of nitrogens with zero attached hydrogens (tertiary/aromatic N) is 5. The van der Waals surface area contributed by atoms with Crippen molar-refractivity contribution in [3.05, 3.63) is 67.5 Å². The van der Waals surface area contributed by atoms with Crippen LogP contribution in [0.25, 0.3) is 32.1 Å². The maximum atomic E-state index is 5.58. The predicted octanol–water partition coefficient (Wildman–Crippen LogP) is 5.20. The number of thiazole rings is 1. The Morgan fingerprint density at radius 1 is 1.21 bits per heavy atom. The third kappa shape index (κ3) is 3.52. The van der Waals surface area contributed by atoms with Gasteiger partial charge in [0.25, 0.3) is 0 Å². The van der Waals surface area contributed by atoms with Gasteiger partial charge in [-0.1, -0.05) is 0 Å². The lowest BCUT2D eigenvalue weighted by molar-refractivity contribution is 0.613. The maximum Gasteiger partial charge on any atom is 0.176 e. The van der Waals surface area contributed by atoms with E-state index in [-0.39, 0.29) is 0 Å². The van der Waals surface area contributed by atoms with Crippen LogP contribution in [0.2, 0.25) is 0 Å². The molecule has 0 bridgehead atoms. The van der Waals surface area contributed by atoms with Crippen LogP contribution in [0.15, 0.2) is 70.5 Å². The van der Waals surface area contributed by atoms with Gasteiger partial charge in [-0.15, -0.1) is 24.5 Å². The number of rotatable bonds is 3. The van der Waals surface area contributed by atoms with Crippen molar-refractivity contribution in [1.82, 2.24) is 15.0 Å². The SMILES string of the molecule is C=C.C=NC(=NC)c1nc(-c2sc(-c3cccnc3)nc2C)cc2ccoc12. The van der Waals surface area contributed by atoms with Crippen molar-refractivity contribution in [1.29, 1.82) is 0 Å². The molecule has 0 N–H and O–H groups in total. The molecule has 0 aliphatic heterocycles. The molecule has 0 atom stereocenters. The lowest BCUT2D eigenvalue weighted by Gasteiger charge is -2.04. The van der Waals surface area contributed by atoms with Crippen LogP contribution in [0.4, 0.5) is 0 Å². The van der Waals surface area contributed by atoms with Crippen molar-refractivity contribution in [3.63, 3.8) is 0 Å². The zero-order valence-corrected chi connectivity index (χ0v) is 16.5. The highest BCUT2D eigenvalue weighted by Crippen LogP contribution is 2.36. The molecule has 4 aromatic heterocycles. The summed E-state index contributed by atoms with van der Waals surface area (Å²) in [4.78, 5) is 22.7. The molecule has 0 radical (unpaired) electrons. The van der Waals surface area contributed by atoms with Crippen LogP contribution in [0, 0.1) is 6.92 Å². The number of pyridine rings is 2. The van der Waals surface area contributed by atoms with E-state index in [0.29, 0.717) is 17.1 Å². The molecule has 0 unspecified atom stereocenters. The Labute approximate surface area is 167 Å². The van der Waals surface area contributed by atoms with Crippen LogP contribution in [-0.4, -0.2) is 34.6 Å². The molecular weight excluding hydrogens is 370 g/mol. The first kappa shape index (κ1) is 19.3. The van der Waals surface area contributed by atoms with Crippen LogP contribution in [-0.2, 0) is 0 Å². The number of hydrogen-bond acceptors (Lipinski definition) is 6. The first-order chi connectivity index (χ1) is 13.7. The summed E-state index contributed by atoms with van der Waals surface area (Å²) in [7, 11) is 1.66. The molecule has 0 aliphatic carbocycles. The Kier molecular flexibility index (Phi) is 5.86. The van der Waals surface area contributed by atoms with Crippen molar-refractivity contribution in [2.24, 2.45) is 9.98 Å². The van der Waals surface area contributed by atoms with Gasteiger partial charge < -0.3 is 4.42 Å². The second-order valence-corrected chi connectivity index (χ2v) is 6.57. The standard InChI is InChI=1S/C19H15N5OS.C2H4/c1-11-17(26-19(23-11)13-5-4-7-22-10-13)14-9-12-6-8-25-16(12)15(24-14)18(20-2)21-3;1-2/h4-10H,2H2,1,3H3;1-2H2. The number of hydrogen-bond donors (Lipinski definition) is 0. The van der Waals surface area contributed by atoms with Gasteiger partial charge in [0.2, 0.25) is 0 Å². The lowest BCUT2D eigenvalue weighted by atomic mass is 10.2. The van der Waals surface area contributed by atoms with Crippen LogP contribution in [0.1, 0.15) is 11.4 Å². The van der Waals surface area contributed by atoms with Gasteiger partial charge in [-0.05, 0) is 37.9 Å². The molecule has 4 rings (SSSR count). The number of furan rings is 1. The molecule has 0 saturated heterocycles. The largest absolute Gasteiger partial charge is 0.462 e. The van der Waals surface area contributed by atoms with Crippen LogP contribution in [0.5, 0.6) is 0 Å². The fourth-order valence-corrected chi connectivity index (χ4v) is 3.76. The molecule has 4 heterocycles. The van der Waals surface area contributed by atoms with E-state index in [1.54, 1.807) is 30.8 Å². The first-order valence-corrected chi connectivity index (χ1v) is 9.23. The molecule has 0 saturated carbocycles. The lowest BCUT2D eigenvalue weighted by Crippen LogP contribution is -2.02. The number of amidine groups is 1. The summed E-state index contributed by atoms with van der Waals surface area (Å²) < 4.78 is 5.58. The van der Waals surface area contributed by atoms with Gasteiger partial charge in [0.1, 0.15) is 5.01 Å². The molecule has 0 amide bonds. The van der Waals surface area contributed by atoms with Crippen LogP contribution >= 0.6 is 11.3 Å². The van der Waals surface area contributed by atoms with Gasteiger partial charge >= 0.3 is 0 Å². The highest BCUT2D eigenvalue weighted by Gasteiger charge is 2.18. The van der Waals surface area contributed by atoms with Gasteiger partial charge in [-0.2, -0.15) is 0 Å². The fourth-order valence-electron chi connectivity index (χ4n) is 2.74. The number of aromatic nitrogens is 3. The molecule has 6 nitrogen and oxygen atoms in total. The second kappa shape index (κ2) is 8.49. The summed E-state index contributed by atoms with van der Waals surface area (Å²) in [5.41, 5.74) is 3.94. The zero-order valence-electron chi connectivity index (χ0n) is 15.7. The van der Waals surface area contributed by atoms with Crippen molar-refractivity contribution >= 4 is 34.9 Å². The van der Waals surface area contributed by atoms with Gasteiger partial charge in [-0.3, -0.25) is 9.98 Å². The summed E-state index contributed by atoms with van der Waals surface area (Å²) in [5.74, 6) is 0.446. The highest BCUT2D eigenvalue weighted by atomic mass is 32.1. The fraction of sp³-hybridized carbons (Fsp3) is 0.0952. The summed E-state index contributed by atoms with van der Waals surface area (Å²) in [6.07, 6.45) is 5.19. The summed E-state index contributed by atoms with van der Waals surface area (Å²) in [6.45, 7) is 11.6. The first-order valence-electron chi connectivity index (χ1n) is 8.41. The van der Waals surface area contributed by atoms with Gasteiger partial charge in [0.05, 0.1) is 22.5 Å². The monoisotopic (exact) mass is 389 g/mol. The van der Waals surface area contributed by atoms with Crippen molar-refractivity contribution in [2.75, 3.05) is 7.05 Å². The van der Waals surface area contributed by atoms with Crippen molar-refractivity contribution < 1.29 is 4.42 Å². The van der Waals surface area contributed by atoms with Gasteiger partial charge in [-0.25, -0.2) is 15.0 Å². The quantitative estimate of drug-likeness (QED) is 0.274. The Bertz CT molecular complexity index is 1140. The van der Waals surface area contributed by atoms with E-state index in [0.717, 1.165) is 32.2 Å². The summed E-state index contributed by atoms with van der Waals surface area (Å²) >= 11 is 1.58. The Morgan fingerprint density at radius 2 is 2.04 bits per heavy atom. The third-order valence-corrected chi connectivity index (χ3v) is 5.18. The Balaban J connectivity index is 0.00000109. The molecule has 0 aromatic carbocycles. The number of aryl methyl sites for hydroxylation is 1. The molecule has 0 spiro atoms. The predicted molar refractivity (Wildman–Crippen MR) is 116 cm³/mol. The minimum Gasteiger partial charge on any atom is -0.462 e. The van der Waals surface area contributed by atoms with E-state index in [1.165, 1.54) is 0 Å². The zero-order chi connectivity index (χ0) is 20.1. The molecule has 140 valence electrons. The van der Waals surface area contributed by atoms with Gasteiger partial charge in [0.15, 0.2) is 17.1 Å². The van der Waals surface area contributed by atoms with E-state index in [4.69, 9.17) is 9.40 Å². The molecule has 0 aliphatic rings. The van der Waals surface area contributed by atoms with E-state index in [1.807, 2.05) is 37.4 Å². The topological polar surface area (TPSA) is 76.5 Å². The molecule has 28 heavy (non-hydrogen) atoms. The normalized spacial score (nSPS) is 11.1. The van der Waals surface area contributed by atoms with Crippen molar-refractivity contribution in [2.45, 2.75) is 6.92 Å².